The summed E-state index contributed by atoms with van der Waals surface area (Å²) < 4.78 is 23.7. The molecule has 59 heavy (non-hydrogen) atoms. The zero-order valence-electron chi connectivity index (χ0n) is 36.0. The molecule has 4 heterocycles. The molecular weight excluding hydrogens is 760 g/mol. The van der Waals surface area contributed by atoms with E-state index in [1.54, 1.807) is 46.8 Å². The highest BCUT2D eigenvalue weighted by Gasteiger charge is 2.50. The Labute approximate surface area is 346 Å². The van der Waals surface area contributed by atoms with Crippen molar-refractivity contribution >= 4 is 34.1 Å². The number of hydrogen-bond donors (Lipinski definition) is 6. The number of phenolic OH excluding ortho intramolecular Hbond substituents is 3. The van der Waals surface area contributed by atoms with Crippen molar-refractivity contribution in [1.82, 2.24) is 4.90 Å². The number of likely N-dealkylation sites (tertiary alicyclic amines) is 1. The van der Waals surface area contributed by atoms with Crippen molar-refractivity contribution in [2.75, 3.05) is 12.4 Å². The van der Waals surface area contributed by atoms with Crippen molar-refractivity contribution in [3.63, 3.8) is 0 Å². The summed E-state index contributed by atoms with van der Waals surface area (Å²) in [5.74, 6) is -7.82. The summed E-state index contributed by atoms with van der Waals surface area (Å²) in [7, 11) is 1.45. The number of rotatable bonds is 4. The first-order chi connectivity index (χ1) is 27.7. The van der Waals surface area contributed by atoms with E-state index >= 15 is 0 Å². The molecule has 6 rings (SSSR count). The van der Waals surface area contributed by atoms with Crippen LogP contribution in [0, 0.1) is 30.6 Å². The number of phenols is 3. The zero-order chi connectivity index (χ0) is 43.8. The van der Waals surface area contributed by atoms with E-state index in [2.05, 4.69) is 24.1 Å². The van der Waals surface area contributed by atoms with Gasteiger partial charge in [-0.25, -0.2) is 0 Å². The van der Waals surface area contributed by atoms with Gasteiger partial charge in [0.1, 0.15) is 23.4 Å². The number of amides is 1. The average molecular weight is 823 g/mol. The fourth-order valence-corrected chi connectivity index (χ4v) is 8.91. The Morgan fingerprint density at radius 3 is 2.17 bits per heavy atom. The van der Waals surface area contributed by atoms with Crippen LogP contribution < -0.4 is 10.1 Å². The monoisotopic (exact) mass is 822 g/mol. The number of ketones is 1. The highest BCUT2D eigenvalue weighted by Crippen LogP contribution is 2.55. The minimum atomic E-state index is -2.01. The van der Waals surface area contributed by atoms with Gasteiger partial charge in [-0.1, -0.05) is 52.3 Å². The van der Waals surface area contributed by atoms with Crippen LogP contribution in [0.1, 0.15) is 103 Å². The predicted molar refractivity (Wildman–Crippen MR) is 222 cm³/mol. The van der Waals surface area contributed by atoms with Gasteiger partial charge in [0.15, 0.2) is 5.75 Å². The first kappa shape index (κ1) is 45.5. The SMILES string of the molecule is COC1/C=C/OC2(C)Oc3c(C)c(O)c4c(O)c(c(CN5C(C)CCCC5C)c(O)c4c3C2=O)NC(=O)/C(C)=C\C=C\C(C)C(O)C(C)C(O)C(C)C(OC(C)=O)C1C. The molecule has 2 aromatic rings. The number of carbonyl (C=O) groups excluding carboxylic acids is 3. The van der Waals surface area contributed by atoms with E-state index in [9.17, 15) is 39.9 Å². The maximum absolute atomic E-state index is 14.5. The molecule has 6 N–H and O–H groups in total. The Morgan fingerprint density at radius 2 is 1.56 bits per heavy atom. The summed E-state index contributed by atoms with van der Waals surface area (Å²) in [4.78, 5) is 42.9. The van der Waals surface area contributed by atoms with Crippen LogP contribution in [0.4, 0.5) is 5.69 Å². The largest absolute Gasteiger partial charge is 0.507 e. The second kappa shape index (κ2) is 17.9. The Bertz CT molecular complexity index is 2030. The maximum Gasteiger partial charge on any atom is 0.312 e. The summed E-state index contributed by atoms with van der Waals surface area (Å²) in [6.07, 6.45) is 6.55. The molecule has 4 aliphatic rings. The molecule has 1 saturated heterocycles. The number of anilines is 1. The maximum atomic E-state index is 14.5. The van der Waals surface area contributed by atoms with Crippen molar-refractivity contribution in [3.05, 3.63) is 52.8 Å². The molecule has 0 saturated carbocycles. The van der Waals surface area contributed by atoms with Crippen molar-refractivity contribution in [2.45, 2.75) is 137 Å². The van der Waals surface area contributed by atoms with Crippen molar-refractivity contribution in [2.24, 2.45) is 23.7 Å². The van der Waals surface area contributed by atoms with E-state index in [0.717, 1.165) is 19.3 Å². The molecule has 4 aliphatic heterocycles. The molecule has 324 valence electrons. The summed E-state index contributed by atoms with van der Waals surface area (Å²) >= 11 is 0. The third-order valence-corrected chi connectivity index (χ3v) is 12.8. The topological polar surface area (TPSA) is 205 Å². The van der Waals surface area contributed by atoms with E-state index in [-0.39, 0.29) is 63.1 Å². The zero-order valence-corrected chi connectivity index (χ0v) is 36.0. The lowest BCUT2D eigenvalue weighted by Crippen LogP contribution is -2.46. The molecule has 0 aromatic heterocycles. The standard InChI is InChI=1S/C45H62N2O12/c1-21-14-12-15-22(2)44(55)46-35-30(20-47-23(3)16-13-17-24(47)4)39(52)32-33(40(35)53)38(51)28(8)42-34(32)43(54)45(10,59-42)57-19-18-31(56-11)25(5)41(58-29(9)48)27(7)37(50)26(6)36(21)49/h12,14-15,18-19,21,23-27,31,36-37,41,49-53H,13,16-17,20H2,1-11H3,(H,46,55)/b14-12+,19-18+,22-15-. The van der Waals surface area contributed by atoms with Gasteiger partial charge in [-0.05, 0) is 46.6 Å². The number of hydrogen-bond acceptors (Lipinski definition) is 13. The molecule has 14 heteroatoms. The average Bonchev–Trinajstić information content (AvgIpc) is 3.45. The van der Waals surface area contributed by atoms with Crippen LogP contribution in [-0.4, -0.2) is 97.5 Å². The fraction of sp³-hybridized carbons (Fsp3) is 0.578. The lowest BCUT2D eigenvalue weighted by atomic mass is 9.78. The molecule has 14 nitrogen and oxygen atoms in total. The number of aliphatic hydroxyl groups excluding tert-OH is 2. The lowest BCUT2D eigenvalue weighted by Gasteiger charge is -2.39. The number of esters is 1. The van der Waals surface area contributed by atoms with Crippen molar-refractivity contribution in [3.8, 4) is 23.0 Å². The number of piperidine rings is 1. The van der Waals surface area contributed by atoms with Crippen LogP contribution >= 0.6 is 0 Å². The fourth-order valence-electron chi connectivity index (χ4n) is 8.91. The molecule has 5 bridgehead atoms. The van der Waals surface area contributed by atoms with E-state index < -0.39 is 88.8 Å². The number of benzene rings is 2. The number of fused-ring (bicyclic) bond motifs is 14. The van der Waals surface area contributed by atoms with E-state index in [4.69, 9.17) is 18.9 Å². The van der Waals surface area contributed by atoms with Crippen molar-refractivity contribution < 1.29 is 58.9 Å². The summed E-state index contributed by atoms with van der Waals surface area (Å²) in [5, 5.41) is 61.3. The van der Waals surface area contributed by atoms with Gasteiger partial charge in [0, 0.05) is 85.3 Å². The normalized spacial score (nSPS) is 34.4. The number of carbonyl (C=O) groups is 3. The minimum Gasteiger partial charge on any atom is -0.507 e. The lowest BCUT2D eigenvalue weighted by molar-refractivity contribution is -0.160. The molecule has 0 aliphatic carbocycles. The second-order valence-electron chi connectivity index (χ2n) is 17.0. The van der Waals surface area contributed by atoms with Gasteiger partial charge in [-0.3, -0.25) is 19.3 Å². The molecule has 1 fully saturated rings. The molecular formula is C45H62N2O12. The first-order valence-corrected chi connectivity index (χ1v) is 20.5. The van der Waals surface area contributed by atoms with Gasteiger partial charge < -0.3 is 49.8 Å². The molecule has 2 aromatic carbocycles. The van der Waals surface area contributed by atoms with Crippen LogP contribution in [0.3, 0.4) is 0 Å². The number of aliphatic hydroxyl groups is 2. The van der Waals surface area contributed by atoms with Gasteiger partial charge in [0.05, 0.1) is 41.2 Å². The molecule has 11 unspecified atom stereocenters. The first-order valence-electron chi connectivity index (χ1n) is 20.5. The molecule has 1 amide bonds. The van der Waals surface area contributed by atoms with Crippen LogP contribution in [-0.2, 0) is 30.3 Å². The number of nitrogens with one attached hydrogen (secondary N) is 1. The summed E-state index contributed by atoms with van der Waals surface area (Å²) in [6, 6.07) is 0.175. The Balaban J connectivity index is 1.72. The Hall–Kier alpha value is -4.63. The van der Waals surface area contributed by atoms with Gasteiger partial charge >= 0.3 is 11.8 Å². The Kier molecular flexibility index (Phi) is 13.8. The van der Waals surface area contributed by atoms with Gasteiger partial charge in [0.25, 0.3) is 11.7 Å². The number of methoxy groups -OCH3 is 1. The predicted octanol–water partition coefficient (Wildman–Crippen LogP) is 6.52. The summed E-state index contributed by atoms with van der Waals surface area (Å²) in [5.41, 5.74) is 0.216. The number of ether oxygens (including phenoxy) is 4. The summed E-state index contributed by atoms with van der Waals surface area (Å²) in [6.45, 7) is 16.9. The van der Waals surface area contributed by atoms with Crippen LogP contribution in [0.25, 0.3) is 10.8 Å². The van der Waals surface area contributed by atoms with Gasteiger partial charge in [0.2, 0.25) is 0 Å². The third kappa shape index (κ3) is 8.68. The molecule has 11 atom stereocenters. The van der Waals surface area contributed by atoms with Gasteiger partial charge in [-0.15, -0.1) is 0 Å². The minimum absolute atomic E-state index is 0.0518. The van der Waals surface area contributed by atoms with Crippen molar-refractivity contribution in [1.29, 1.82) is 0 Å². The second-order valence-corrected chi connectivity index (χ2v) is 17.0. The molecule has 0 spiro atoms. The van der Waals surface area contributed by atoms with Gasteiger partial charge in [-0.2, -0.15) is 0 Å². The Morgan fingerprint density at radius 1 is 0.915 bits per heavy atom. The number of Topliss-reactive ketones (excluding diaryl/α,β-unsaturated/α-hetero) is 1. The van der Waals surface area contributed by atoms with Crippen LogP contribution in [0.15, 0.2) is 36.1 Å². The van der Waals surface area contributed by atoms with E-state index in [1.807, 2.05) is 0 Å². The van der Waals surface area contributed by atoms with Crippen LogP contribution in [0.2, 0.25) is 0 Å². The highest BCUT2D eigenvalue weighted by atomic mass is 16.7. The van der Waals surface area contributed by atoms with Crippen LogP contribution in [0.5, 0.6) is 23.0 Å². The number of aromatic hydroxyl groups is 3. The van der Waals surface area contributed by atoms with E-state index in [1.165, 1.54) is 46.3 Å². The quantitative estimate of drug-likeness (QED) is 0.111. The number of allylic oxidation sites excluding steroid dienone is 2. The molecule has 0 radical (unpaired) electrons. The number of nitrogens with zero attached hydrogens (tertiary/aromatic N) is 1. The smallest absolute Gasteiger partial charge is 0.312 e. The highest BCUT2D eigenvalue weighted by molar-refractivity contribution is 6.22. The van der Waals surface area contributed by atoms with E-state index in [0.29, 0.717) is 0 Å². The third-order valence-electron chi connectivity index (χ3n) is 12.8.